The van der Waals surface area contributed by atoms with Crippen LogP contribution in [0.3, 0.4) is 0 Å². The monoisotopic (exact) mass is 298 g/mol. The Balaban J connectivity index is 2.04. The number of hydrogen-bond acceptors (Lipinski definition) is 3. The normalized spacial score (nSPS) is 10.5. The summed E-state index contributed by atoms with van der Waals surface area (Å²) in [5.41, 5.74) is 1.87. The summed E-state index contributed by atoms with van der Waals surface area (Å²) in [6, 6.07) is 3.39. The molecule has 2 heterocycles. The van der Waals surface area contributed by atoms with Gasteiger partial charge in [-0.15, -0.1) is 0 Å². The molecule has 0 amide bonds. The van der Waals surface area contributed by atoms with Crippen molar-refractivity contribution < 1.29 is 8.81 Å². The molecule has 5 heteroatoms. The molecule has 0 aromatic carbocycles. The molecule has 2 aromatic heterocycles. The summed E-state index contributed by atoms with van der Waals surface area (Å²) in [5, 5.41) is 0. The predicted octanol–water partition coefficient (Wildman–Crippen LogP) is 3.26. The highest BCUT2D eigenvalue weighted by Crippen LogP contribution is 2.23. The van der Waals surface area contributed by atoms with Gasteiger partial charge in [-0.25, -0.2) is 9.37 Å². The second kappa shape index (κ2) is 5.31. The Morgan fingerprint density at radius 1 is 1.53 bits per heavy atom. The second-order valence-electron chi connectivity index (χ2n) is 3.77. The third kappa shape index (κ3) is 3.06. The summed E-state index contributed by atoms with van der Waals surface area (Å²) < 4.78 is 18.7. The van der Waals surface area contributed by atoms with Gasteiger partial charge in [-0.2, -0.15) is 0 Å². The Bertz CT molecular complexity index is 487. The first-order valence-corrected chi connectivity index (χ1v) is 5.99. The average molecular weight is 299 g/mol. The number of likely N-dealkylation sites (N-methyl/N-ethyl adjacent to an activating group) is 1. The molecule has 0 spiro atoms. The van der Waals surface area contributed by atoms with Crippen LogP contribution in [-0.4, -0.2) is 18.6 Å². The van der Waals surface area contributed by atoms with Gasteiger partial charge in [0.25, 0.3) is 0 Å². The zero-order valence-electron chi connectivity index (χ0n) is 9.36. The molecule has 0 radical (unpaired) electrons. The van der Waals surface area contributed by atoms with Crippen LogP contribution in [0.4, 0.5) is 10.1 Å². The van der Waals surface area contributed by atoms with Crippen LogP contribution >= 0.6 is 15.9 Å². The topological polar surface area (TPSA) is 29.3 Å². The molecule has 2 rings (SSSR count). The summed E-state index contributed by atoms with van der Waals surface area (Å²) in [7, 11) is 1.90. The molecule has 17 heavy (non-hydrogen) atoms. The first-order valence-electron chi connectivity index (χ1n) is 5.20. The summed E-state index contributed by atoms with van der Waals surface area (Å²) in [6.45, 7) is 0.767. The van der Waals surface area contributed by atoms with E-state index in [0.717, 1.165) is 24.2 Å². The van der Waals surface area contributed by atoms with Gasteiger partial charge in [0.1, 0.15) is 10.4 Å². The van der Waals surface area contributed by atoms with E-state index in [0.29, 0.717) is 4.60 Å². The Morgan fingerprint density at radius 3 is 3.06 bits per heavy atom. The average Bonchev–Trinajstić information content (AvgIpc) is 2.82. The van der Waals surface area contributed by atoms with Crippen LogP contribution in [0.5, 0.6) is 0 Å². The molecule has 0 bridgehead atoms. The van der Waals surface area contributed by atoms with E-state index in [2.05, 4.69) is 20.9 Å². The van der Waals surface area contributed by atoms with Crippen LogP contribution in [0.15, 0.2) is 39.9 Å². The number of halogens is 2. The quantitative estimate of drug-likeness (QED) is 0.812. The van der Waals surface area contributed by atoms with Crippen molar-refractivity contribution in [2.24, 2.45) is 0 Å². The zero-order chi connectivity index (χ0) is 12.3. The van der Waals surface area contributed by atoms with Crippen molar-refractivity contribution in [3.05, 3.63) is 46.8 Å². The molecular weight excluding hydrogens is 287 g/mol. The third-order valence-corrected chi connectivity index (χ3v) is 3.13. The van der Waals surface area contributed by atoms with E-state index in [1.165, 1.54) is 12.3 Å². The lowest BCUT2D eigenvalue weighted by Gasteiger charge is -2.19. The molecule has 0 unspecified atom stereocenters. The van der Waals surface area contributed by atoms with Gasteiger partial charge in [0.2, 0.25) is 0 Å². The fourth-order valence-corrected chi connectivity index (χ4v) is 2.05. The molecule has 0 saturated carbocycles. The first kappa shape index (κ1) is 12.1. The minimum Gasteiger partial charge on any atom is -0.472 e. The highest BCUT2D eigenvalue weighted by molar-refractivity contribution is 9.10. The lowest BCUT2D eigenvalue weighted by Crippen LogP contribution is -2.21. The highest BCUT2D eigenvalue weighted by atomic mass is 79.9. The Morgan fingerprint density at radius 2 is 2.35 bits per heavy atom. The smallest absolute Gasteiger partial charge is 0.143 e. The van der Waals surface area contributed by atoms with Gasteiger partial charge in [0.05, 0.1) is 24.4 Å². The molecule has 0 aliphatic heterocycles. The fraction of sp³-hybridized carbons (Fsp3) is 0.250. The number of anilines is 1. The number of pyridine rings is 1. The number of hydrogen-bond donors (Lipinski definition) is 0. The van der Waals surface area contributed by atoms with E-state index in [-0.39, 0.29) is 5.82 Å². The van der Waals surface area contributed by atoms with Crippen molar-refractivity contribution in [3.63, 3.8) is 0 Å². The maximum Gasteiger partial charge on any atom is 0.143 e. The van der Waals surface area contributed by atoms with Crippen molar-refractivity contribution in [2.75, 3.05) is 18.5 Å². The number of furan rings is 1. The van der Waals surface area contributed by atoms with E-state index in [9.17, 15) is 4.39 Å². The largest absolute Gasteiger partial charge is 0.472 e. The lowest BCUT2D eigenvalue weighted by atomic mass is 10.2. The fourth-order valence-electron chi connectivity index (χ4n) is 1.53. The summed E-state index contributed by atoms with van der Waals surface area (Å²) >= 11 is 3.31. The minimum absolute atomic E-state index is 0.335. The number of nitrogens with zero attached hydrogens (tertiary/aromatic N) is 2. The van der Waals surface area contributed by atoms with Gasteiger partial charge >= 0.3 is 0 Å². The van der Waals surface area contributed by atoms with Crippen LogP contribution in [-0.2, 0) is 6.42 Å². The SMILES string of the molecule is CN(CCc1ccoc1)c1cc(F)cnc1Br. The van der Waals surface area contributed by atoms with E-state index in [1.807, 2.05) is 18.0 Å². The van der Waals surface area contributed by atoms with Gasteiger partial charge in [-0.05, 0) is 34.0 Å². The molecule has 0 saturated heterocycles. The highest BCUT2D eigenvalue weighted by Gasteiger charge is 2.08. The van der Waals surface area contributed by atoms with E-state index in [1.54, 1.807) is 12.5 Å². The molecular formula is C12H12BrFN2O. The van der Waals surface area contributed by atoms with Crippen LogP contribution in [0.1, 0.15) is 5.56 Å². The van der Waals surface area contributed by atoms with Gasteiger partial charge in [-0.3, -0.25) is 0 Å². The van der Waals surface area contributed by atoms with Gasteiger partial charge < -0.3 is 9.32 Å². The minimum atomic E-state index is -0.335. The summed E-state index contributed by atoms with van der Waals surface area (Å²) in [6.07, 6.45) is 5.40. The van der Waals surface area contributed by atoms with Crippen molar-refractivity contribution in [2.45, 2.75) is 6.42 Å². The van der Waals surface area contributed by atoms with Gasteiger partial charge in [0.15, 0.2) is 0 Å². The van der Waals surface area contributed by atoms with E-state index >= 15 is 0 Å². The first-order chi connectivity index (χ1) is 8.16. The van der Waals surface area contributed by atoms with Crippen LogP contribution in [0.25, 0.3) is 0 Å². The molecule has 0 N–H and O–H groups in total. The number of rotatable bonds is 4. The molecule has 0 fully saturated rings. The Labute approximate surface area is 107 Å². The van der Waals surface area contributed by atoms with Crippen LogP contribution < -0.4 is 4.90 Å². The third-order valence-electron chi connectivity index (χ3n) is 2.51. The van der Waals surface area contributed by atoms with Crippen molar-refractivity contribution in [1.82, 2.24) is 4.98 Å². The lowest BCUT2D eigenvalue weighted by molar-refractivity contribution is 0.563. The Hall–Kier alpha value is -1.36. The summed E-state index contributed by atoms with van der Waals surface area (Å²) in [5.74, 6) is -0.335. The number of aromatic nitrogens is 1. The molecule has 90 valence electrons. The van der Waals surface area contributed by atoms with Crippen molar-refractivity contribution in [3.8, 4) is 0 Å². The standard InChI is InChI=1S/C12H12BrFN2O/c1-16(4-2-9-3-5-17-8-9)11-6-10(14)7-15-12(11)13/h3,5-8H,2,4H2,1H3. The van der Waals surface area contributed by atoms with E-state index in [4.69, 9.17) is 4.42 Å². The predicted molar refractivity (Wildman–Crippen MR) is 67.6 cm³/mol. The molecule has 2 aromatic rings. The second-order valence-corrected chi connectivity index (χ2v) is 4.52. The molecule has 0 atom stereocenters. The van der Waals surface area contributed by atoms with Crippen molar-refractivity contribution >= 4 is 21.6 Å². The molecule has 3 nitrogen and oxygen atoms in total. The maximum absolute atomic E-state index is 13.1. The van der Waals surface area contributed by atoms with E-state index < -0.39 is 0 Å². The zero-order valence-corrected chi connectivity index (χ0v) is 10.9. The Kier molecular flexibility index (Phi) is 3.78. The van der Waals surface area contributed by atoms with Gasteiger partial charge in [0, 0.05) is 19.7 Å². The van der Waals surface area contributed by atoms with Crippen LogP contribution in [0.2, 0.25) is 0 Å². The maximum atomic E-state index is 13.1. The van der Waals surface area contributed by atoms with Gasteiger partial charge in [-0.1, -0.05) is 0 Å². The molecule has 0 aliphatic rings. The molecule has 0 aliphatic carbocycles. The van der Waals surface area contributed by atoms with Crippen molar-refractivity contribution in [1.29, 1.82) is 0 Å². The summed E-state index contributed by atoms with van der Waals surface area (Å²) in [4.78, 5) is 5.88. The van der Waals surface area contributed by atoms with Crippen LogP contribution in [0, 0.1) is 5.82 Å².